The van der Waals surface area contributed by atoms with Crippen LogP contribution in [0.3, 0.4) is 0 Å². The van der Waals surface area contributed by atoms with Crippen molar-refractivity contribution >= 4 is 17.4 Å². The van der Waals surface area contributed by atoms with Gasteiger partial charge in [0.15, 0.2) is 0 Å². The monoisotopic (exact) mass is 235 g/mol. The molecule has 0 saturated carbocycles. The zero-order valence-corrected chi connectivity index (χ0v) is 10.3. The molecule has 0 bridgehead atoms. The summed E-state index contributed by atoms with van der Waals surface area (Å²) in [6.45, 7) is 5.31. The maximum Gasteiger partial charge on any atom is 0.149 e. The zero-order valence-electron chi connectivity index (χ0n) is 9.50. The summed E-state index contributed by atoms with van der Waals surface area (Å²) in [4.78, 5) is 6.50. The summed E-state index contributed by atoms with van der Waals surface area (Å²) in [5.74, 6) is 0.739. The lowest BCUT2D eigenvalue weighted by molar-refractivity contribution is 0.514. The van der Waals surface area contributed by atoms with Gasteiger partial charge in [-0.15, -0.1) is 0 Å². The molecular weight excluding hydrogens is 222 g/mol. The van der Waals surface area contributed by atoms with Crippen molar-refractivity contribution in [1.82, 2.24) is 4.98 Å². The second-order valence-corrected chi connectivity index (χ2v) is 5.05. The highest BCUT2D eigenvalue weighted by Gasteiger charge is 2.34. The Hall–Kier alpha value is -1.27. The van der Waals surface area contributed by atoms with Gasteiger partial charge in [0.1, 0.15) is 16.9 Å². The average molecular weight is 236 g/mol. The standard InChI is InChI=1S/C12H14ClN3/c1-12(2)5-3-7-16(12)11-10(13)9(8-14)4-6-15-11/h4,6H,3,5,7H2,1-2H3. The molecule has 1 aliphatic rings. The third kappa shape index (κ3) is 1.74. The van der Waals surface area contributed by atoms with Crippen molar-refractivity contribution in [1.29, 1.82) is 5.26 Å². The van der Waals surface area contributed by atoms with Crippen molar-refractivity contribution in [2.24, 2.45) is 0 Å². The molecule has 2 heterocycles. The normalized spacial score (nSPS) is 18.5. The number of hydrogen-bond acceptors (Lipinski definition) is 3. The molecule has 0 aliphatic carbocycles. The van der Waals surface area contributed by atoms with Crippen molar-refractivity contribution in [3.8, 4) is 6.07 Å². The van der Waals surface area contributed by atoms with Crippen LogP contribution in [0, 0.1) is 11.3 Å². The van der Waals surface area contributed by atoms with Crippen LogP contribution in [0.1, 0.15) is 32.3 Å². The predicted molar refractivity (Wildman–Crippen MR) is 64.6 cm³/mol. The molecule has 0 aromatic carbocycles. The van der Waals surface area contributed by atoms with Crippen LogP contribution >= 0.6 is 11.6 Å². The molecule has 16 heavy (non-hydrogen) atoms. The molecule has 0 amide bonds. The average Bonchev–Trinajstić information content (AvgIpc) is 2.59. The molecule has 0 N–H and O–H groups in total. The minimum Gasteiger partial charge on any atom is -0.350 e. The van der Waals surface area contributed by atoms with Crippen LogP contribution in [0.4, 0.5) is 5.82 Å². The van der Waals surface area contributed by atoms with Crippen molar-refractivity contribution in [2.75, 3.05) is 11.4 Å². The second-order valence-electron chi connectivity index (χ2n) is 4.68. The van der Waals surface area contributed by atoms with E-state index in [0.29, 0.717) is 10.6 Å². The van der Waals surface area contributed by atoms with Crippen LogP contribution in [-0.2, 0) is 0 Å². The highest BCUT2D eigenvalue weighted by atomic mass is 35.5. The van der Waals surface area contributed by atoms with Crippen molar-refractivity contribution in [3.63, 3.8) is 0 Å². The lowest BCUT2D eigenvalue weighted by Gasteiger charge is -2.33. The van der Waals surface area contributed by atoms with Gasteiger partial charge >= 0.3 is 0 Å². The molecule has 1 aromatic heterocycles. The Labute approximate surface area is 101 Å². The predicted octanol–water partition coefficient (Wildman–Crippen LogP) is 2.99. The van der Waals surface area contributed by atoms with Crippen LogP contribution in [-0.4, -0.2) is 17.1 Å². The van der Waals surface area contributed by atoms with E-state index in [1.165, 1.54) is 0 Å². The van der Waals surface area contributed by atoms with Crippen LogP contribution in [0.25, 0.3) is 0 Å². The molecule has 0 radical (unpaired) electrons. The Kier molecular flexibility index (Phi) is 2.77. The van der Waals surface area contributed by atoms with Gasteiger partial charge in [-0.05, 0) is 32.8 Å². The molecule has 1 aliphatic heterocycles. The van der Waals surface area contributed by atoms with Crippen LogP contribution < -0.4 is 4.90 Å². The van der Waals surface area contributed by atoms with Crippen molar-refractivity contribution in [2.45, 2.75) is 32.2 Å². The summed E-state index contributed by atoms with van der Waals surface area (Å²) in [7, 11) is 0. The van der Waals surface area contributed by atoms with Gasteiger partial charge in [0.2, 0.25) is 0 Å². The quantitative estimate of drug-likeness (QED) is 0.751. The molecule has 0 spiro atoms. The number of halogens is 1. The molecule has 2 rings (SSSR count). The van der Waals surface area contributed by atoms with E-state index in [-0.39, 0.29) is 5.54 Å². The molecule has 4 heteroatoms. The number of nitrogens with zero attached hydrogens (tertiary/aromatic N) is 3. The third-order valence-electron chi connectivity index (χ3n) is 3.15. The SMILES string of the molecule is CC1(C)CCCN1c1nccc(C#N)c1Cl. The number of hydrogen-bond donors (Lipinski definition) is 0. The molecule has 1 saturated heterocycles. The van der Waals surface area contributed by atoms with Gasteiger partial charge < -0.3 is 4.90 Å². The summed E-state index contributed by atoms with van der Waals surface area (Å²) in [6, 6.07) is 3.74. The minimum absolute atomic E-state index is 0.0741. The Bertz CT molecular complexity index is 448. The van der Waals surface area contributed by atoms with Gasteiger partial charge in [0, 0.05) is 18.3 Å². The summed E-state index contributed by atoms with van der Waals surface area (Å²) in [5, 5.41) is 9.41. The smallest absolute Gasteiger partial charge is 0.149 e. The van der Waals surface area contributed by atoms with E-state index in [1.54, 1.807) is 12.3 Å². The first-order valence-corrected chi connectivity index (χ1v) is 5.76. The van der Waals surface area contributed by atoms with Crippen LogP contribution in [0.15, 0.2) is 12.3 Å². The number of nitriles is 1. The van der Waals surface area contributed by atoms with E-state index in [1.807, 2.05) is 0 Å². The van der Waals surface area contributed by atoms with Crippen molar-refractivity contribution < 1.29 is 0 Å². The van der Waals surface area contributed by atoms with E-state index in [0.717, 1.165) is 25.2 Å². The van der Waals surface area contributed by atoms with Crippen LogP contribution in [0.5, 0.6) is 0 Å². The van der Waals surface area contributed by atoms with Crippen molar-refractivity contribution in [3.05, 3.63) is 22.8 Å². The lowest BCUT2D eigenvalue weighted by atomic mass is 10.0. The second kappa shape index (κ2) is 3.95. The fraction of sp³-hybridized carbons (Fsp3) is 0.500. The van der Waals surface area contributed by atoms with E-state index >= 15 is 0 Å². The number of aromatic nitrogens is 1. The Balaban J connectivity index is 2.46. The van der Waals surface area contributed by atoms with Gasteiger partial charge in [-0.1, -0.05) is 11.6 Å². The fourth-order valence-electron chi connectivity index (χ4n) is 2.21. The minimum atomic E-state index is 0.0741. The Morgan fingerprint density at radius 2 is 2.31 bits per heavy atom. The summed E-state index contributed by atoms with van der Waals surface area (Å²) in [5.41, 5.74) is 0.569. The molecule has 3 nitrogen and oxygen atoms in total. The third-order valence-corrected chi connectivity index (χ3v) is 3.52. The largest absolute Gasteiger partial charge is 0.350 e. The van der Waals surface area contributed by atoms with Gasteiger partial charge in [0.05, 0.1) is 5.56 Å². The Morgan fingerprint density at radius 3 is 2.88 bits per heavy atom. The van der Waals surface area contributed by atoms with E-state index in [9.17, 15) is 0 Å². The summed E-state index contributed by atoms with van der Waals surface area (Å²) >= 11 is 6.19. The molecule has 1 aromatic rings. The molecule has 84 valence electrons. The summed E-state index contributed by atoms with van der Waals surface area (Å²) < 4.78 is 0. The van der Waals surface area contributed by atoms with E-state index < -0.39 is 0 Å². The molecule has 1 fully saturated rings. The van der Waals surface area contributed by atoms with Crippen LogP contribution in [0.2, 0.25) is 5.02 Å². The van der Waals surface area contributed by atoms with Gasteiger partial charge in [-0.2, -0.15) is 5.26 Å². The van der Waals surface area contributed by atoms with Gasteiger partial charge in [-0.3, -0.25) is 0 Å². The summed E-state index contributed by atoms with van der Waals surface area (Å²) in [6.07, 6.45) is 3.91. The number of rotatable bonds is 1. The highest BCUT2D eigenvalue weighted by Crippen LogP contribution is 2.36. The zero-order chi connectivity index (χ0) is 11.8. The first-order valence-electron chi connectivity index (χ1n) is 5.38. The molecule has 0 atom stereocenters. The Morgan fingerprint density at radius 1 is 1.56 bits per heavy atom. The maximum absolute atomic E-state index is 8.94. The molecule has 0 unspecified atom stereocenters. The van der Waals surface area contributed by atoms with Gasteiger partial charge in [-0.25, -0.2) is 4.98 Å². The van der Waals surface area contributed by atoms with Gasteiger partial charge in [0.25, 0.3) is 0 Å². The number of anilines is 1. The van der Waals surface area contributed by atoms with E-state index in [4.69, 9.17) is 16.9 Å². The topological polar surface area (TPSA) is 39.9 Å². The highest BCUT2D eigenvalue weighted by molar-refractivity contribution is 6.34. The maximum atomic E-state index is 8.94. The molecular formula is C12H14ClN3. The first-order chi connectivity index (χ1) is 7.56. The number of pyridine rings is 1. The lowest BCUT2D eigenvalue weighted by Crippen LogP contribution is -2.38. The fourth-order valence-corrected chi connectivity index (χ4v) is 2.46. The van der Waals surface area contributed by atoms with E-state index in [2.05, 4.69) is 29.8 Å². The first kappa shape index (κ1) is 11.2.